The van der Waals surface area contributed by atoms with Crippen molar-refractivity contribution in [1.82, 2.24) is 5.32 Å². The summed E-state index contributed by atoms with van der Waals surface area (Å²) in [6.45, 7) is 2.40. The number of hydrogen-bond acceptors (Lipinski definition) is 4. The Morgan fingerprint density at radius 3 is 2.47 bits per heavy atom. The van der Waals surface area contributed by atoms with Crippen molar-refractivity contribution < 1.29 is 13.2 Å². The molecule has 1 aliphatic rings. The molecule has 1 fully saturated rings. The lowest BCUT2D eigenvalue weighted by Crippen LogP contribution is -2.43. The summed E-state index contributed by atoms with van der Waals surface area (Å²) in [5, 5.41) is 2.76. The molecular weight excluding hydrogens is 240 g/mol. The smallest absolute Gasteiger partial charge is 0.236 e. The molecule has 3 N–H and O–H groups in total. The molecule has 5 nitrogen and oxygen atoms in total. The second-order valence-corrected chi connectivity index (χ2v) is 7.32. The maximum absolute atomic E-state index is 11.6. The third-order valence-corrected chi connectivity index (χ3v) is 4.24. The Balaban J connectivity index is 2.38. The number of hydrogen-bond donors (Lipinski definition) is 2. The van der Waals surface area contributed by atoms with Crippen LogP contribution in [0.4, 0.5) is 0 Å². The normalized spacial score (nSPS) is 19.7. The molecule has 100 valence electrons. The van der Waals surface area contributed by atoms with E-state index in [1.165, 1.54) is 6.26 Å². The summed E-state index contributed by atoms with van der Waals surface area (Å²) in [5.41, 5.74) is 5.45. The van der Waals surface area contributed by atoms with Gasteiger partial charge in [-0.05, 0) is 19.3 Å². The van der Waals surface area contributed by atoms with Crippen molar-refractivity contribution in [2.75, 3.05) is 18.6 Å². The van der Waals surface area contributed by atoms with E-state index in [-0.39, 0.29) is 17.1 Å². The second-order valence-electron chi connectivity index (χ2n) is 5.18. The van der Waals surface area contributed by atoms with Gasteiger partial charge in [0.1, 0.15) is 9.84 Å². The zero-order valence-electron chi connectivity index (χ0n) is 10.5. The topological polar surface area (TPSA) is 89.3 Å². The van der Waals surface area contributed by atoms with Gasteiger partial charge in [-0.25, -0.2) is 8.42 Å². The fraction of sp³-hybridized carbons (Fsp3) is 0.909. The zero-order chi connectivity index (χ0) is 13.1. The third kappa shape index (κ3) is 5.04. The van der Waals surface area contributed by atoms with Crippen LogP contribution in [0.15, 0.2) is 0 Å². The number of nitrogens with two attached hydrogens (primary N) is 1. The molecule has 0 aromatic rings. The van der Waals surface area contributed by atoms with E-state index in [1.807, 2.05) is 6.92 Å². The molecule has 1 rings (SSSR count). The minimum absolute atomic E-state index is 0.156. The van der Waals surface area contributed by atoms with Crippen LogP contribution in [0, 0.1) is 5.41 Å². The van der Waals surface area contributed by atoms with Gasteiger partial charge in [0.2, 0.25) is 5.91 Å². The van der Waals surface area contributed by atoms with Crippen molar-refractivity contribution in [3.63, 3.8) is 0 Å². The molecule has 0 spiro atoms. The summed E-state index contributed by atoms with van der Waals surface area (Å²) < 4.78 is 22.5. The van der Waals surface area contributed by atoms with Gasteiger partial charge in [0.15, 0.2) is 0 Å². The molecular formula is C11H22N2O3S. The number of carbonyl (C=O) groups excluding carboxylic acids is 1. The monoisotopic (exact) mass is 262 g/mol. The van der Waals surface area contributed by atoms with Crippen LogP contribution in [0.5, 0.6) is 0 Å². The van der Waals surface area contributed by atoms with Crippen molar-refractivity contribution in [2.24, 2.45) is 11.1 Å². The van der Waals surface area contributed by atoms with E-state index < -0.39 is 15.9 Å². The second kappa shape index (κ2) is 5.35. The first-order chi connectivity index (χ1) is 7.78. The van der Waals surface area contributed by atoms with Crippen LogP contribution in [0.1, 0.15) is 32.6 Å². The molecule has 0 heterocycles. The predicted molar refractivity (Wildman–Crippen MR) is 67.3 cm³/mol. The van der Waals surface area contributed by atoms with Gasteiger partial charge in [-0.15, -0.1) is 0 Å². The van der Waals surface area contributed by atoms with Gasteiger partial charge in [0.05, 0.1) is 11.8 Å². The Labute approximate surface area is 103 Å². The van der Waals surface area contributed by atoms with Crippen LogP contribution in [0.25, 0.3) is 0 Å². The van der Waals surface area contributed by atoms with Crippen molar-refractivity contribution in [2.45, 2.75) is 38.6 Å². The molecule has 0 aromatic heterocycles. The molecule has 1 unspecified atom stereocenters. The fourth-order valence-electron chi connectivity index (χ4n) is 1.95. The minimum atomic E-state index is -2.98. The van der Waals surface area contributed by atoms with E-state index in [1.54, 1.807) is 0 Å². The van der Waals surface area contributed by atoms with E-state index in [0.29, 0.717) is 13.0 Å². The number of amides is 1. The van der Waals surface area contributed by atoms with Gasteiger partial charge in [0, 0.05) is 18.2 Å². The van der Waals surface area contributed by atoms with E-state index in [9.17, 15) is 13.2 Å². The average molecular weight is 262 g/mol. The zero-order valence-corrected chi connectivity index (χ0v) is 11.3. The van der Waals surface area contributed by atoms with Crippen molar-refractivity contribution in [3.05, 3.63) is 0 Å². The Hall–Kier alpha value is -0.620. The fourth-order valence-corrected chi connectivity index (χ4v) is 3.46. The van der Waals surface area contributed by atoms with Gasteiger partial charge in [-0.3, -0.25) is 4.79 Å². The molecule has 1 amide bonds. The lowest BCUT2D eigenvalue weighted by atomic mass is 10.1. The first-order valence-corrected chi connectivity index (χ1v) is 8.05. The molecule has 0 aromatic carbocycles. The van der Waals surface area contributed by atoms with Gasteiger partial charge < -0.3 is 11.1 Å². The third-order valence-electron chi connectivity index (χ3n) is 3.10. The van der Waals surface area contributed by atoms with Crippen LogP contribution in [0.3, 0.4) is 0 Å². The highest BCUT2D eigenvalue weighted by molar-refractivity contribution is 7.90. The predicted octanol–water partition coefficient (Wildman–Crippen LogP) is 0.0548. The Kier molecular flexibility index (Phi) is 4.55. The summed E-state index contributed by atoms with van der Waals surface area (Å²) in [6, 6.07) is -0.478. The van der Waals surface area contributed by atoms with E-state index in [2.05, 4.69) is 5.32 Å². The van der Waals surface area contributed by atoms with Crippen LogP contribution in [-0.4, -0.2) is 38.9 Å². The lowest BCUT2D eigenvalue weighted by Gasteiger charge is -2.17. The number of rotatable bonds is 7. The van der Waals surface area contributed by atoms with Crippen molar-refractivity contribution in [1.29, 1.82) is 0 Å². The maximum atomic E-state index is 11.6. The number of sulfone groups is 1. The van der Waals surface area contributed by atoms with Crippen LogP contribution >= 0.6 is 0 Å². The number of carbonyl (C=O) groups is 1. The van der Waals surface area contributed by atoms with Gasteiger partial charge >= 0.3 is 0 Å². The standard InChI is InChI=1S/C11H22N2O3S/c1-3-4-9(12)10(14)13-7-11(5-6-11)8-17(2,15)16/h9H,3-8,12H2,1-2H3,(H,13,14). The molecule has 1 atom stereocenters. The first kappa shape index (κ1) is 14.4. The maximum Gasteiger partial charge on any atom is 0.236 e. The molecule has 0 aliphatic heterocycles. The van der Waals surface area contributed by atoms with Crippen molar-refractivity contribution >= 4 is 15.7 Å². The summed E-state index contributed by atoms with van der Waals surface area (Å²) >= 11 is 0. The number of nitrogens with one attached hydrogen (secondary N) is 1. The van der Waals surface area contributed by atoms with Crippen LogP contribution < -0.4 is 11.1 Å². The van der Waals surface area contributed by atoms with E-state index in [0.717, 1.165) is 19.3 Å². The molecule has 0 radical (unpaired) electrons. The molecule has 1 saturated carbocycles. The Morgan fingerprint density at radius 2 is 2.06 bits per heavy atom. The quantitative estimate of drug-likeness (QED) is 0.678. The summed E-state index contributed by atoms with van der Waals surface area (Å²) in [4.78, 5) is 11.6. The van der Waals surface area contributed by atoms with E-state index >= 15 is 0 Å². The molecule has 17 heavy (non-hydrogen) atoms. The van der Waals surface area contributed by atoms with Gasteiger partial charge in [0.25, 0.3) is 0 Å². The van der Waals surface area contributed by atoms with Gasteiger partial charge in [-0.1, -0.05) is 13.3 Å². The SMILES string of the molecule is CCCC(N)C(=O)NCC1(CS(C)(=O)=O)CC1. The van der Waals surface area contributed by atoms with E-state index in [4.69, 9.17) is 5.73 Å². The highest BCUT2D eigenvalue weighted by Gasteiger charge is 2.45. The van der Waals surface area contributed by atoms with Crippen LogP contribution in [-0.2, 0) is 14.6 Å². The average Bonchev–Trinajstić information content (AvgIpc) is 2.92. The van der Waals surface area contributed by atoms with Crippen molar-refractivity contribution in [3.8, 4) is 0 Å². The highest BCUT2D eigenvalue weighted by Crippen LogP contribution is 2.45. The molecule has 1 aliphatic carbocycles. The van der Waals surface area contributed by atoms with Crippen LogP contribution in [0.2, 0.25) is 0 Å². The largest absolute Gasteiger partial charge is 0.354 e. The summed E-state index contributed by atoms with van der Waals surface area (Å²) in [7, 11) is -2.98. The highest BCUT2D eigenvalue weighted by atomic mass is 32.2. The molecule has 6 heteroatoms. The summed E-state index contributed by atoms with van der Waals surface area (Å²) in [6.07, 6.45) is 4.48. The summed E-state index contributed by atoms with van der Waals surface area (Å²) in [5.74, 6) is -0.0184. The Bertz CT molecular complexity index is 374. The molecule has 0 bridgehead atoms. The van der Waals surface area contributed by atoms with Gasteiger partial charge in [-0.2, -0.15) is 0 Å². The Morgan fingerprint density at radius 1 is 1.47 bits per heavy atom. The first-order valence-electron chi connectivity index (χ1n) is 5.99. The minimum Gasteiger partial charge on any atom is -0.354 e. The molecule has 0 saturated heterocycles. The lowest BCUT2D eigenvalue weighted by molar-refractivity contribution is -0.122.